The van der Waals surface area contributed by atoms with Crippen molar-refractivity contribution in [1.29, 1.82) is 0 Å². The number of hydrogen-bond donors (Lipinski definition) is 0. The average molecular weight is 471 g/mol. The third kappa shape index (κ3) is 5.39. The maximum Gasteiger partial charge on any atom is 0.266 e. The van der Waals surface area contributed by atoms with Gasteiger partial charge in [-0.2, -0.15) is 0 Å². The second-order valence-electron chi connectivity index (χ2n) is 6.00. The Morgan fingerprint density at radius 2 is 1.90 bits per heavy atom. The van der Waals surface area contributed by atoms with Gasteiger partial charge in [-0.3, -0.25) is 9.69 Å². The summed E-state index contributed by atoms with van der Waals surface area (Å²) < 4.78 is 32.8. The van der Waals surface area contributed by atoms with E-state index >= 15 is 0 Å². The third-order valence-corrected chi connectivity index (χ3v) is 7.27. The van der Waals surface area contributed by atoms with E-state index in [0.29, 0.717) is 6.54 Å². The van der Waals surface area contributed by atoms with Crippen LogP contribution in [-0.2, 0) is 19.7 Å². The molecule has 1 aromatic carbocycles. The summed E-state index contributed by atoms with van der Waals surface area (Å²) in [4.78, 5) is 27.2. The van der Waals surface area contributed by atoms with Crippen molar-refractivity contribution in [3.05, 3.63) is 46.4 Å². The zero-order valence-corrected chi connectivity index (χ0v) is 18.0. The van der Waals surface area contributed by atoms with Gasteiger partial charge in [0.05, 0.1) is 38.3 Å². The third-order valence-electron chi connectivity index (χ3n) is 3.95. The molecule has 29 heavy (non-hydrogen) atoms. The molecule has 8 nitrogen and oxygen atoms in total. The van der Waals surface area contributed by atoms with Crippen LogP contribution in [0.25, 0.3) is 0 Å². The molecular weight excluding hydrogens is 456 g/mol. The Hall–Kier alpha value is -1.86. The van der Waals surface area contributed by atoms with E-state index in [1.165, 1.54) is 11.8 Å². The number of anilines is 1. The number of fused-ring (bicyclic) bond motifs is 1. The summed E-state index contributed by atoms with van der Waals surface area (Å²) in [5, 5.41) is 11.5. The highest BCUT2D eigenvalue weighted by atomic mass is 32.2. The molecule has 0 aromatic heterocycles. The summed E-state index contributed by atoms with van der Waals surface area (Å²) in [6.07, 6.45) is 3.41. The number of para-hydroxylation sites is 1. The number of aliphatic carboxylic acids is 1. The quantitative estimate of drug-likeness (QED) is 0.322. The normalized spacial score (nSPS) is 19.5. The predicted molar refractivity (Wildman–Crippen MR) is 112 cm³/mol. The summed E-state index contributed by atoms with van der Waals surface area (Å²) in [5.41, 5.74) is 0.880. The van der Waals surface area contributed by atoms with E-state index < -0.39 is 34.3 Å². The average Bonchev–Trinajstić information content (AvgIpc) is 3.11. The van der Waals surface area contributed by atoms with Crippen LogP contribution in [0.4, 0.5) is 5.69 Å². The zero-order chi connectivity index (χ0) is 21.2. The lowest BCUT2D eigenvalue weighted by atomic mass is 10.3. The number of carbonyl (C=O) groups is 2. The molecule has 0 aliphatic carbocycles. The number of carbonyl (C=O) groups excluding carboxylic acids is 2. The molecule has 1 amide bonds. The first kappa shape index (κ1) is 21.8. The number of rotatable bonds is 7. The smallest absolute Gasteiger partial charge is 0.266 e. The van der Waals surface area contributed by atoms with E-state index in [-0.39, 0.29) is 15.6 Å². The van der Waals surface area contributed by atoms with Gasteiger partial charge in [0.25, 0.3) is 5.91 Å². The number of allylic oxidation sites excluding steroid dienone is 2. The van der Waals surface area contributed by atoms with Gasteiger partial charge in [-0.05, 0) is 30.7 Å². The molecule has 0 atom stereocenters. The maximum absolute atomic E-state index is 12.3. The zero-order valence-electron chi connectivity index (χ0n) is 14.8. The van der Waals surface area contributed by atoms with Gasteiger partial charge in [0.1, 0.15) is 4.32 Å². The van der Waals surface area contributed by atoms with E-state index in [0.717, 1.165) is 32.3 Å². The molecule has 0 radical (unpaired) electrons. The van der Waals surface area contributed by atoms with Gasteiger partial charge in [0.15, 0.2) is 0 Å². The molecule has 1 aromatic rings. The van der Waals surface area contributed by atoms with Gasteiger partial charge in [-0.1, -0.05) is 47.9 Å². The van der Waals surface area contributed by atoms with Gasteiger partial charge < -0.3 is 19.4 Å². The Kier molecular flexibility index (Phi) is 6.69. The van der Waals surface area contributed by atoms with Crippen LogP contribution in [0.1, 0.15) is 6.42 Å². The molecule has 0 N–H and O–H groups in total. The molecule has 1 fully saturated rings. The van der Waals surface area contributed by atoms with E-state index in [1.807, 2.05) is 29.2 Å². The standard InChI is InChI=1S/C17H16N2O6S4/c20-15(21)10-19-16(22)13(28-17(19)26)6-7-14-18(8-3-9-29(23,24)25)11-4-1-2-5-12(11)27-14/h1-2,4-7H,3,8-10H2,(H,20,21)(H,23,24,25)/p-2/b13-6-,14-7-. The van der Waals surface area contributed by atoms with Crippen molar-refractivity contribution in [2.75, 3.05) is 23.7 Å². The summed E-state index contributed by atoms with van der Waals surface area (Å²) in [6, 6.07) is 7.52. The van der Waals surface area contributed by atoms with Crippen LogP contribution in [0.3, 0.4) is 0 Å². The molecular formula is C17H14N2O6S4-2. The number of benzene rings is 1. The number of thiocarbonyl (C=S) groups is 1. The fourth-order valence-electron chi connectivity index (χ4n) is 2.73. The van der Waals surface area contributed by atoms with Crippen LogP contribution >= 0.6 is 35.7 Å². The van der Waals surface area contributed by atoms with Crippen molar-refractivity contribution in [3.8, 4) is 0 Å². The minimum atomic E-state index is -4.30. The van der Waals surface area contributed by atoms with Crippen LogP contribution in [-0.4, -0.2) is 52.9 Å². The summed E-state index contributed by atoms with van der Waals surface area (Å²) >= 11 is 7.49. The number of hydrogen-bond acceptors (Lipinski definition) is 10. The van der Waals surface area contributed by atoms with Gasteiger partial charge in [0, 0.05) is 17.2 Å². The molecule has 0 bridgehead atoms. The van der Waals surface area contributed by atoms with E-state index in [4.69, 9.17) is 12.2 Å². The largest absolute Gasteiger partial charge is 0.748 e. The minimum absolute atomic E-state index is 0.142. The van der Waals surface area contributed by atoms with Crippen LogP contribution < -0.4 is 10.0 Å². The van der Waals surface area contributed by atoms with Crippen molar-refractivity contribution >= 4 is 67.7 Å². The lowest BCUT2D eigenvalue weighted by Crippen LogP contribution is -2.40. The number of carboxylic acids is 1. The number of thioether (sulfide) groups is 2. The Labute approximate surface area is 181 Å². The van der Waals surface area contributed by atoms with Crippen LogP contribution in [0.2, 0.25) is 0 Å². The summed E-state index contributed by atoms with van der Waals surface area (Å²) in [5.74, 6) is -2.38. The maximum atomic E-state index is 12.3. The fourth-order valence-corrected chi connectivity index (χ4v) is 5.50. The molecule has 12 heteroatoms. The molecule has 1 saturated heterocycles. The van der Waals surface area contributed by atoms with Gasteiger partial charge in [-0.15, -0.1) is 0 Å². The highest BCUT2D eigenvalue weighted by Crippen LogP contribution is 2.46. The molecule has 0 spiro atoms. The number of nitrogens with zero attached hydrogens (tertiary/aromatic N) is 2. The van der Waals surface area contributed by atoms with Gasteiger partial charge in [-0.25, -0.2) is 8.42 Å². The molecule has 3 rings (SSSR count). The monoisotopic (exact) mass is 470 g/mol. The molecule has 2 aliphatic heterocycles. The first-order chi connectivity index (χ1) is 13.7. The minimum Gasteiger partial charge on any atom is -0.748 e. The van der Waals surface area contributed by atoms with E-state index in [9.17, 15) is 27.7 Å². The Balaban J connectivity index is 1.81. The van der Waals surface area contributed by atoms with Crippen molar-refractivity contribution < 1.29 is 27.7 Å². The Morgan fingerprint density at radius 1 is 1.17 bits per heavy atom. The molecule has 2 heterocycles. The highest BCUT2D eigenvalue weighted by molar-refractivity contribution is 8.26. The van der Waals surface area contributed by atoms with Crippen molar-refractivity contribution in [2.24, 2.45) is 0 Å². The van der Waals surface area contributed by atoms with Crippen molar-refractivity contribution in [1.82, 2.24) is 4.90 Å². The summed E-state index contributed by atoms with van der Waals surface area (Å²) in [6.45, 7) is -0.286. The second-order valence-corrected chi connectivity index (χ2v) is 10.3. The van der Waals surface area contributed by atoms with E-state index in [2.05, 4.69) is 0 Å². The van der Waals surface area contributed by atoms with Gasteiger partial charge >= 0.3 is 0 Å². The lowest BCUT2D eigenvalue weighted by molar-refractivity contribution is -0.305. The van der Waals surface area contributed by atoms with E-state index in [1.54, 1.807) is 12.2 Å². The SMILES string of the molecule is O=C([O-])CN1C(=O)/C(=C/C=C2\Sc3ccccc3N2CCCS(=O)(=O)[O-])SC1=S. The van der Waals surface area contributed by atoms with Crippen LogP contribution in [0, 0.1) is 0 Å². The van der Waals surface area contributed by atoms with Crippen molar-refractivity contribution in [3.63, 3.8) is 0 Å². The Bertz CT molecular complexity index is 1030. The first-order valence-electron chi connectivity index (χ1n) is 8.29. The number of amides is 1. The molecule has 0 unspecified atom stereocenters. The van der Waals surface area contributed by atoms with Crippen LogP contribution in [0.15, 0.2) is 51.2 Å². The topological polar surface area (TPSA) is 121 Å². The van der Waals surface area contributed by atoms with Gasteiger partial charge in [0.2, 0.25) is 0 Å². The Morgan fingerprint density at radius 3 is 2.59 bits per heavy atom. The lowest BCUT2D eigenvalue weighted by Gasteiger charge is -2.20. The highest BCUT2D eigenvalue weighted by Gasteiger charge is 2.32. The number of carboxylic acid groups (broad SMARTS) is 1. The molecule has 2 aliphatic rings. The molecule has 0 saturated carbocycles. The first-order valence-corrected chi connectivity index (χ1v) is 11.9. The molecule has 154 valence electrons. The fraction of sp³-hybridized carbons (Fsp3) is 0.235. The van der Waals surface area contributed by atoms with Crippen LogP contribution in [0.5, 0.6) is 0 Å². The van der Waals surface area contributed by atoms with Crippen molar-refractivity contribution in [2.45, 2.75) is 11.3 Å². The second kappa shape index (κ2) is 8.88. The predicted octanol–water partition coefficient (Wildman–Crippen LogP) is 0.870. The summed E-state index contributed by atoms with van der Waals surface area (Å²) in [7, 11) is -4.30.